The minimum absolute atomic E-state index is 0.358. The molecule has 0 aliphatic rings. The van der Waals surface area contributed by atoms with Crippen molar-refractivity contribution in [1.29, 1.82) is 0 Å². The number of alkyl halides is 1. The summed E-state index contributed by atoms with van der Waals surface area (Å²) in [6.45, 7) is 8.30. The van der Waals surface area contributed by atoms with Crippen LogP contribution < -0.4 is 5.32 Å². The van der Waals surface area contributed by atoms with Gasteiger partial charge >= 0.3 is 0 Å². The summed E-state index contributed by atoms with van der Waals surface area (Å²) in [5.41, 5.74) is 6.98. The van der Waals surface area contributed by atoms with E-state index in [4.69, 9.17) is 9.97 Å². The summed E-state index contributed by atoms with van der Waals surface area (Å²) in [5.74, 6) is 1.21. The van der Waals surface area contributed by atoms with Gasteiger partial charge in [-0.25, -0.2) is 14.4 Å². The van der Waals surface area contributed by atoms with Gasteiger partial charge < -0.3 is 9.88 Å². The molecule has 3 aromatic heterocycles. The van der Waals surface area contributed by atoms with Crippen molar-refractivity contribution in [2.24, 2.45) is 0 Å². The van der Waals surface area contributed by atoms with Crippen molar-refractivity contribution >= 4 is 16.9 Å². The summed E-state index contributed by atoms with van der Waals surface area (Å²) in [4.78, 5) is 9.65. The Morgan fingerprint density at radius 3 is 2.56 bits per heavy atom. The first-order chi connectivity index (χ1) is 12.0. The molecule has 0 bridgehead atoms. The lowest BCUT2D eigenvalue weighted by Gasteiger charge is -2.14. The predicted molar refractivity (Wildman–Crippen MR) is 102 cm³/mol. The Hall–Kier alpha value is -2.43. The minimum Gasteiger partial charge on any atom is -0.373 e. The number of aryl methyl sites for hydroxylation is 3. The standard InChI is InChI=1S/C20H25FN4/c1-12(2)16-7-6-15(20(22-5)23-16)18-13(3)10-17-19(24-18)14(4)11-25(17)9-8-21/h6-7,10-12H,8-9H2,1-5H3,(H,22,23). The normalized spacial score (nSPS) is 11.5. The number of aromatic nitrogens is 3. The molecular formula is C20H25FN4. The molecule has 0 fully saturated rings. The van der Waals surface area contributed by atoms with Crippen LogP contribution in [0.3, 0.4) is 0 Å². The van der Waals surface area contributed by atoms with Crippen LogP contribution in [0.15, 0.2) is 24.4 Å². The van der Waals surface area contributed by atoms with Crippen LogP contribution in [0.2, 0.25) is 0 Å². The molecule has 3 heterocycles. The number of halogens is 1. The SMILES string of the molecule is CNc1nc(C(C)C)ccc1-c1nc2c(C)cn(CCF)c2cc1C. The van der Waals surface area contributed by atoms with E-state index in [1.807, 2.05) is 31.7 Å². The van der Waals surface area contributed by atoms with Crippen molar-refractivity contribution in [1.82, 2.24) is 14.5 Å². The van der Waals surface area contributed by atoms with E-state index in [9.17, 15) is 4.39 Å². The summed E-state index contributed by atoms with van der Waals surface area (Å²) >= 11 is 0. The van der Waals surface area contributed by atoms with E-state index in [1.54, 1.807) is 0 Å². The van der Waals surface area contributed by atoms with E-state index in [1.165, 1.54) is 0 Å². The molecule has 0 unspecified atom stereocenters. The highest BCUT2D eigenvalue weighted by atomic mass is 19.1. The van der Waals surface area contributed by atoms with Crippen LogP contribution >= 0.6 is 0 Å². The maximum absolute atomic E-state index is 12.8. The van der Waals surface area contributed by atoms with E-state index < -0.39 is 0 Å². The fourth-order valence-corrected chi connectivity index (χ4v) is 3.20. The number of hydrogen-bond donors (Lipinski definition) is 1. The molecule has 0 radical (unpaired) electrons. The molecule has 3 aromatic rings. The highest BCUT2D eigenvalue weighted by Crippen LogP contribution is 2.32. The zero-order valence-corrected chi connectivity index (χ0v) is 15.5. The van der Waals surface area contributed by atoms with Crippen molar-refractivity contribution in [3.63, 3.8) is 0 Å². The van der Waals surface area contributed by atoms with Crippen molar-refractivity contribution in [3.05, 3.63) is 41.2 Å². The van der Waals surface area contributed by atoms with E-state index in [0.717, 1.165) is 44.9 Å². The number of rotatable bonds is 5. The van der Waals surface area contributed by atoms with Crippen LogP contribution in [0.25, 0.3) is 22.3 Å². The molecule has 0 saturated heterocycles. The van der Waals surface area contributed by atoms with Crippen molar-refractivity contribution in [2.45, 2.75) is 40.2 Å². The Labute approximate surface area is 148 Å². The predicted octanol–water partition coefficient (Wildman–Crippen LogP) is 4.85. The lowest BCUT2D eigenvalue weighted by Crippen LogP contribution is -2.03. The molecule has 0 amide bonds. The van der Waals surface area contributed by atoms with Crippen LogP contribution in [0.4, 0.5) is 10.2 Å². The van der Waals surface area contributed by atoms with Gasteiger partial charge in [-0.15, -0.1) is 0 Å². The van der Waals surface area contributed by atoms with Crippen molar-refractivity contribution in [3.8, 4) is 11.3 Å². The van der Waals surface area contributed by atoms with Crippen LogP contribution in [0, 0.1) is 13.8 Å². The van der Waals surface area contributed by atoms with Crippen molar-refractivity contribution in [2.75, 3.05) is 19.0 Å². The van der Waals surface area contributed by atoms with E-state index in [2.05, 4.69) is 37.4 Å². The van der Waals surface area contributed by atoms with Crippen LogP contribution in [-0.4, -0.2) is 28.3 Å². The maximum Gasteiger partial charge on any atom is 0.135 e. The molecule has 0 atom stereocenters. The van der Waals surface area contributed by atoms with Crippen molar-refractivity contribution < 1.29 is 4.39 Å². The maximum atomic E-state index is 12.8. The number of nitrogens with one attached hydrogen (secondary N) is 1. The quantitative estimate of drug-likeness (QED) is 0.722. The summed E-state index contributed by atoms with van der Waals surface area (Å²) in [6, 6.07) is 6.24. The highest BCUT2D eigenvalue weighted by molar-refractivity contribution is 5.86. The molecule has 3 rings (SSSR count). The summed E-state index contributed by atoms with van der Waals surface area (Å²) in [7, 11) is 1.88. The smallest absolute Gasteiger partial charge is 0.135 e. The molecule has 1 N–H and O–H groups in total. The first-order valence-electron chi connectivity index (χ1n) is 8.68. The lowest BCUT2D eigenvalue weighted by molar-refractivity contribution is 0.451. The van der Waals surface area contributed by atoms with Crippen LogP contribution in [-0.2, 0) is 6.54 Å². The molecule has 25 heavy (non-hydrogen) atoms. The average Bonchev–Trinajstić information content (AvgIpc) is 2.89. The largest absolute Gasteiger partial charge is 0.373 e. The van der Waals surface area contributed by atoms with Gasteiger partial charge in [0, 0.05) is 24.5 Å². The molecule has 0 aromatic carbocycles. The molecule has 0 aliphatic carbocycles. The summed E-state index contributed by atoms with van der Waals surface area (Å²) in [6.07, 6.45) is 1.97. The van der Waals surface area contributed by atoms with Gasteiger partial charge in [0.1, 0.15) is 12.5 Å². The second-order valence-corrected chi connectivity index (χ2v) is 6.75. The fourth-order valence-electron chi connectivity index (χ4n) is 3.20. The second-order valence-electron chi connectivity index (χ2n) is 6.75. The Bertz CT molecular complexity index is 912. The van der Waals surface area contributed by atoms with E-state index >= 15 is 0 Å². The number of pyridine rings is 2. The van der Waals surface area contributed by atoms with Gasteiger partial charge in [-0.05, 0) is 49.1 Å². The van der Waals surface area contributed by atoms with Gasteiger partial charge in [-0.1, -0.05) is 13.8 Å². The van der Waals surface area contributed by atoms with Gasteiger partial charge in [0.25, 0.3) is 0 Å². The highest BCUT2D eigenvalue weighted by Gasteiger charge is 2.16. The number of anilines is 1. The molecule has 4 nitrogen and oxygen atoms in total. The zero-order chi connectivity index (χ0) is 18.1. The average molecular weight is 340 g/mol. The monoisotopic (exact) mass is 340 g/mol. The lowest BCUT2D eigenvalue weighted by atomic mass is 10.0. The third kappa shape index (κ3) is 3.11. The minimum atomic E-state index is -0.380. The Morgan fingerprint density at radius 2 is 1.92 bits per heavy atom. The van der Waals surface area contributed by atoms with Gasteiger partial charge in [0.2, 0.25) is 0 Å². The Kier molecular flexibility index (Phi) is 4.75. The summed E-state index contributed by atoms with van der Waals surface area (Å²) < 4.78 is 14.7. The van der Waals surface area contributed by atoms with E-state index in [-0.39, 0.29) is 6.67 Å². The van der Waals surface area contributed by atoms with Gasteiger partial charge in [-0.3, -0.25) is 0 Å². The zero-order valence-electron chi connectivity index (χ0n) is 15.5. The molecule has 132 valence electrons. The Morgan fingerprint density at radius 1 is 1.16 bits per heavy atom. The van der Waals surface area contributed by atoms with Crippen LogP contribution in [0.1, 0.15) is 36.6 Å². The molecule has 0 saturated carbocycles. The molecular weight excluding hydrogens is 315 g/mol. The molecule has 5 heteroatoms. The number of nitrogens with zero attached hydrogens (tertiary/aromatic N) is 3. The Balaban J connectivity index is 2.19. The number of fused-ring (bicyclic) bond motifs is 1. The second kappa shape index (κ2) is 6.82. The van der Waals surface area contributed by atoms with Crippen LogP contribution in [0.5, 0.6) is 0 Å². The van der Waals surface area contributed by atoms with Gasteiger partial charge in [0.05, 0.1) is 23.3 Å². The van der Waals surface area contributed by atoms with E-state index in [0.29, 0.717) is 12.5 Å². The van der Waals surface area contributed by atoms with Gasteiger partial charge in [-0.2, -0.15) is 0 Å². The fraction of sp³-hybridized carbons (Fsp3) is 0.400. The molecule has 0 aliphatic heterocycles. The first kappa shape index (κ1) is 17.4. The third-order valence-corrected chi connectivity index (χ3v) is 4.55. The third-order valence-electron chi connectivity index (χ3n) is 4.55. The topological polar surface area (TPSA) is 42.7 Å². The first-order valence-corrected chi connectivity index (χ1v) is 8.68. The molecule has 0 spiro atoms. The van der Waals surface area contributed by atoms with Gasteiger partial charge in [0.15, 0.2) is 0 Å². The summed E-state index contributed by atoms with van der Waals surface area (Å²) in [5, 5.41) is 3.20. The number of hydrogen-bond acceptors (Lipinski definition) is 3.